The van der Waals surface area contributed by atoms with Crippen molar-refractivity contribution in [1.29, 1.82) is 0 Å². The molecule has 1 amide bonds. The Morgan fingerprint density at radius 2 is 1.78 bits per heavy atom. The van der Waals surface area contributed by atoms with Crippen molar-refractivity contribution >= 4 is 29.3 Å². The highest BCUT2D eigenvalue weighted by atomic mass is 32.2. The summed E-state index contributed by atoms with van der Waals surface area (Å²) >= 11 is 1.86. The first-order valence-corrected chi connectivity index (χ1v) is 6.84. The monoisotopic (exact) mass is 265 g/mol. The molecule has 2 N–H and O–H groups in total. The number of rotatable bonds is 3. The summed E-state index contributed by atoms with van der Waals surface area (Å²) in [7, 11) is 0. The number of nitrogens with one attached hydrogen (secondary N) is 1. The lowest BCUT2D eigenvalue weighted by Crippen LogP contribution is -2.21. The molecule has 4 nitrogen and oxygen atoms in total. The lowest BCUT2D eigenvalue weighted by molar-refractivity contribution is -0.147. The second-order valence-corrected chi connectivity index (χ2v) is 5.68. The van der Waals surface area contributed by atoms with Crippen LogP contribution in [0.1, 0.15) is 25.7 Å². The van der Waals surface area contributed by atoms with Crippen molar-refractivity contribution in [3.05, 3.63) is 24.3 Å². The van der Waals surface area contributed by atoms with Crippen molar-refractivity contribution in [2.75, 3.05) is 5.32 Å². The van der Waals surface area contributed by atoms with Gasteiger partial charge in [-0.1, -0.05) is 12.8 Å². The van der Waals surface area contributed by atoms with Gasteiger partial charge in [0, 0.05) is 15.8 Å². The molecule has 1 aromatic rings. The lowest BCUT2D eigenvalue weighted by atomic mass is 10.3. The molecule has 0 saturated heterocycles. The van der Waals surface area contributed by atoms with Crippen LogP contribution in [-0.4, -0.2) is 22.2 Å². The number of aliphatic carboxylic acids is 1. The Morgan fingerprint density at radius 1 is 1.17 bits per heavy atom. The van der Waals surface area contributed by atoms with Crippen LogP contribution in [0.3, 0.4) is 0 Å². The summed E-state index contributed by atoms with van der Waals surface area (Å²) in [5, 5.41) is 11.5. The third-order valence-electron chi connectivity index (χ3n) is 2.91. The molecular weight excluding hydrogens is 250 g/mol. The predicted octanol–water partition coefficient (Wildman–Crippen LogP) is 2.74. The average molecular weight is 265 g/mol. The van der Waals surface area contributed by atoms with E-state index >= 15 is 0 Å². The third-order valence-corrected chi connectivity index (χ3v) is 4.26. The summed E-state index contributed by atoms with van der Waals surface area (Å²) < 4.78 is 0. The molecule has 0 unspecified atom stereocenters. The minimum atomic E-state index is -1.47. The van der Waals surface area contributed by atoms with Gasteiger partial charge in [0.15, 0.2) is 0 Å². The van der Waals surface area contributed by atoms with E-state index in [9.17, 15) is 9.59 Å². The fourth-order valence-corrected chi connectivity index (χ4v) is 3.25. The lowest BCUT2D eigenvalue weighted by Gasteiger charge is -2.09. The van der Waals surface area contributed by atoms with Gasteiger partial charge in [0.1, 0.15) is 0 Å². The van der Waals surface area contributed by atoms with E-state index in [1.54, 1.807) is 12.1 Å². The standard InChI is InChI=1S/C13H15NO3S/c15-12(13(16)17)14-9-5-7-11(8-6-9)18-10-3-1-2-4-10/h5-8,10H,1-4H2,(H,14,15)(H,16,17). The van der Waals surface area contributed by atoms with Crippen LogP contribution in [0.15, 0.2) is 29.2 Å². The van der Waals surface area contributed by atoms with E-state index in [1.807, 2.05) is 23.9 Å². The number of amides is 1. The third kappa shape index (κ3) is 3.50. The van der Waals surface area contributed by atoms with Gasteiger partial charge in [-0.25, -0.2) is 4.79 Å². The fourth-order valence-electron chi connectivity index (χ4n) is 2.00. The van der Waals surface area contributed by atoms with E-state index in [2.05, 4.69) is 5.32 Å². The van der Waals surface area contributed by atoms with Crippen LogP contribution < -0.4 is 5.32 Å². The van der Waals surface area contributed by atoms with Gasteiger partial charge in [0.05, 0.1) is 0 Å². The summed E-state index contributed by atoms with van der Waals surface area (Å²) in [6.45, 7) is 0. The number of carbonyl (C=O) groups excluding carboxylic acids is 1. The van der Waals surface area contributed by atoms with Crippen LogP contribution in [0, 0.1) is 0 Å². The highest BCUT2D eigenvalue weighted by Gasteiger charge is 2.16. The predicted molar refractivity (Wildman–Crippen MR) is 70.8 cm³/mol. The van der Waals surface area contributed by atoms with E-state index in [4.69, 9.17) is 5.11 Å². The Labute approximate surface area is 110 Å². The van der Waals surface area contributed by atoms with Gasteiger partial charge in [0.25, 0.3) is 0 Å². The van der Waals surface area contributed by atoms with E-state index < -0.39 is 11.9 Å². The zero-order valence-electron chi connectivity index (χ0n) is 9.89. The van der Waals surface area contributed by atoms with Gasteiger partial charge in [-0.05, 0) is 37.1 Å². The van der Waals surface area contributed by atoms with Crippen molar-refractivity contribution in [2.45, 2.75) is 35.8 Å². The van der Waals surface area contributed by atoms with Crippen molar-refractivity contribution in [2.24, 2.45) is 0 Å². The molecule has 0 radical (unpaired) electrons. The summed E-state index contributed by atoms with van der Waals surface area (Å²) in [4.78, 5) is 22.5. The van der Waals surface area contributed by atoms with Crippen molar-refractivity contribution in [3.8, 4) is 0 Å². The number of carbonyl (C=O) groups is 2. The molecule has 0 aromatic heterocycles. The normalized spacial score (nSPS) is 15.6. The molecule has 0 aliphatic heterocycles. The molecular formula is C13H15NO3S. The fraction of sp³-hybridized carbons (Fsp3) is 0.385. The summed E-state index contributed by atoms with van der Waals surface area (Å²) in [6.07, 6.45) is 5.15. The Hall–Kier alpha value is -1.49. The zero-order chi connectivity index (χ0) is 13.0. The van der Waals surface area contributed by atoms with E-state index in [0.29, 0.717) is 10.9 Å². The maximum Gasteiger partial charge on any atom is 0.394 e. The van der Waals surface area contributed by atoms with Gasteiger partial charge in [0.2, 0.25) is 0 Å². The largest absolute Gasteiger partial charge is 0.474 e. The number of thioether (sulfide) groups is 1. The number of hydrogen-bond donors (Lipinski definition) is 2. The SMILES string of the molecule is O=C(O)C(=O)Nc1ccc(SC2CCCC2)cc1. The van der Waals surface area contributed by atoms with Gasteiger partial charge < -0.3 is 10.4 Å². The highest BCUT2D eigenvalue weighted by molar-refractivity contribution is 8.00. The quantitative estimate of drug-likeness (QED) is 0.825. The molecule has 5 heteroatoms. The maximum absolute atomic E-state index is 11.0. The second-order valence-electron chi connectivity index (χ2n) is 4.31. The highest BCUT2D eigenvalue weighted by Crippen LogP contribution is 2.34. The number of benzene rings is 1. The van der Waals surface area contributed by atoms with Crippen molar-refractivity contribution in [3.63, 3.8) is 0 Å². The second kappa shape index (κ2) is 5.91. The van der Waals surface area contributed by atoms with E-state index in [1.165, 1.54) is 25.7 Å². The smallest absolute Gasteiger partial charge is 0.394 e. The van der Waals surface area contributed by atoms with Crippen LogP contribution in [0.25, 0.3) is 0 Å². The van der Waals surface area contributed by atoms with Crippen LogP contribution >= 0.6 is 11.8 Å². The first-order chi connectivity index (χ1) is 8.65. The maximum atomic E-state index is 11.0. The number of carboxylic acid groups (broad SMARTS) is 1. The molecule has 1 aromatic carbocycles. The number of hydrogen-bond acceptors (Lipinski definition) is 3. The minimum absolute atomic E-state index is 0.512. The van der Waals surface area contributed by atoms with Crippen molar-refractivity contribution < 1.29 is 14.7 Å². The van der Waals surface area contributed by atoms with Crippen LogP contribution in [0.5, 0.6) is 0 Å². The molecule has 1 aliphatic carbocycles. The molecule has 2 rings (SSSR count). The molecule has 18 heavy (non-hydrogen) atoms. The van der Waals surface area contributed by atoms with E-state index in [-0.39, 0.29) is 0 Å². The molecule has 0 bridgehead atoms. The Bertz CT molecular complexity index is 438. The molecule has 1 saturated carbocycles. The first-order valence-electron chi connectivity index (χ1n) is 5.96. The van der Waals surface area contributed by atoms with Crippen molar-refractivity contribution in [1.82, 2.24) is 0 Å². The molecule has 0 atom stereocenters. The van der Waals surface area contributed by atoms with Gasteiger partial charge >= 0.3 is 11.9 Å². The van der Waals surface area contributed by atoms with Gasteiger partial charge in [-0.3, -0.25) is 4.79 Å². The van der Waals surface area contributed by atoms with Crippen LogP contribution in [0.4, 0.5) is 5.69 Å². The summed E-state index contributed by atoms with van der Waals surface area (Å²) in [5.41, 5.74) is 0.512. The van der Waals surface area contributed by atoms with E-state index in [0.717, 1.165) is 4.90 Å². The van der Waals surface area contributed by atoms with Crippen LogP contribution in [-0.2, 0) is 9.59 Å². The molecule has 96 valence electrons. The molecule has 0 spiro atoms. The summed E-state index contributed by atoms with van der Waals surface area (Å²) in [5.74, 6) is -2.48. The molecule has 1 fully saturated rings. The summed E-state index contributed by atoms with van der Waals surface area (Å²) in [6, 6.07) is 7.30. The Morgan fingerprint density at radius 3 is 2.33 bits per heavy atom. The average Bonchev–Trinajstić information content (AvgIpc) is 2.84. The van der Waals surface area contributed by atoms with Crippen LogP contribution in [0.2, 0.25) is 0 Å². The Balaban J connectivity index is 1.92. The van der Waals surface area contributed by atoms with Gasteiger partial charge in [-0.2, -0.15) is 0 Å². The van der Waals surface area contributed by atoms with Gasteiger partial charge in [-0.15, -0.1) is 11.8 Å². The molecule has 1 aliphatic rings. The number of carboxylic acids is 1. The first kappa shape index (κ1) is 13.0. The Kier molecular flexibility index (Phi) is 4.25. The topological polar surface area (TPSA) is 66.4 Å². The number of anilines is 1. The minimum Gasteiger partial charge on any atom is -0.474 e. The molecule has 0 heterocycles. The zero-order valence-corrected chi connectivity index (χ0v) is 10.7.